The van der Waals surface area contributed by atoms with Crippen LogP contribution in [0.25, 0.3) is 0 Å². The van der Waals surface area contributed by atoms with Crippen LogP contribution in [0.4, 0.5) is 0 Å². The Morgan fingerprint density at radius 1 is 1.69 bits per heavy atom. The summed E-state index contributed by atoms with van der Waals surface area (Å²) in [5, 5.41) is 7.92. The van der Waals surface area contributed by atoms with E-state index in [0.717, 1.165) is 0 Å². The van der Waals surface area contributed by atoms with E-state index in [-0.39, 0.29) is 5.41 Å². The average Bonchev–Trinajstić information content (AvgIpc) is 2.59. The molecule has 1 aromatic heterocycles. The Labute approximate surface area is 86.6 Å². The number of rotatable bonds is 1. The topological polar surface area (TPSA) is 30.7 Å². The molecule has 1 aromatic rings. The summed E-state index contributed by atoms with van der Waals surface area (Å²) in [7, 11) is 1.97. The van der Waals surface area contributed by atoms with Crippen LogP contribution in [-0.2, 0) is 12.5 Å². The summed E-state index contributed by atoms with van der Waals surface area (Å²) in [6, 6.07) is 0. The molecule has 13 heavy (non-hydrogen) atoms. The average molecular weight is 244 g/mol. The first-order chi connectivity index (χ1) is 6.12. The van der Waals surface area contributed by atoms with Gasteiger partial charge in [0, 0.05) is 17.3 Å². The first-order valence-corrected chi connectivity index (χ1v) is 5.53. The van der Waals surface area contributed by atoms with E-state index in [1.54, 1.807) is 0 Å². The van der Waals surface area contributed by atoms with Gasteiger partial charge in [0.25, 0.3) is 0 Å². The fourth-order valence-corrected chi connectivity index (χ4v) is 3.18. The highest BCUT2D eigenvalue weighted by molar-refractivity contribution is 9.09. The maximum atomic E-state index is 3.98. The zero-order valence-electron chi connectivity index (χ0n) is 8.00. The number of nitrogens with zero attached hydrogens (tertiary/aromatic N) is 3. The second kappa shape index (κ2) is 3.08. The van der Waals surface area contributed by atoms with E-state index in [9.17, 15) is 0 Å². The summed E-state index contributed by atoms with van der Waals surface area (Å²) in [6.07, 6.45) is 5.56. The molecule has 3 nitrogen and oxygen atoms in total. The number of hydrogen-bond acceptors (Lipinski definition) is 2. The van der Waals surface area contributed by atoms with E-state index >= 15 is 0 Å². The van der Waals surface area contributed by atoms with Crippen molar-refractivity contribution >= 4 is 15.9 Å². The molecule has 72 valence electrons. The molecule has 1 aliphatic carbocycles. The third kappa shape index (κ3) is 1.52. The lowest BCUT2D eigenvalue weighted by atomic mass is 9.85. The number of aromatic nitrogens is 3. The molecule has 1 heterocycles. The van der Waals surface area contributed by atoms with E-state index in [0.29, 0.717) is 4.83 Å². The van der Waals surface area contributed by atoms with Gasteiger partial charge in [0.05, 0.1) is 11.9 Å². The normalized spacial score (nSPS) is 33.9. The van der Waals surface area contributed by atoms with Crippen LogP contribution in [0.3, 0.4) is 0 Å². The summed E-state index contributed by atoms with van der Waals surface area (Å²) in [4.78, 5) is 0.660. The van der Waals surface area contributed by atoms with E-state index in [1.807, 2.05) is 17.9 Å². The predicted molar refractivity (Wildman–Crippen MR) is 54.9 cm³/mol. The molecular formula is C9H14BrN3. The van der Waals surface area contributed by atoms with Gasteiger partial charge in [0.2, 0.25) is 0 Å². The summed E-state index contributed by atoms with van der Waals surface area (Å²) in [6.45, 7) is 2.30. The maximum Gasteiger partial charge on any atom is 0.0730 e. The molecular weight excluding hydrogens is 230 g/mol. The van der Waals surface area contributed by atoms with Crippen molar-refractivity contribution in [2.75, 3.05) is 0 Å². The van der Waals surface area contributed by atoms with E-state index in [1.165, 1.54) is 25.0 Å². The standard InChI is InChI=1S/C9H14BrN3/c1-9(4-3-7(10)5-9)8-6-11-12-13(8)2/h6-7H,3-5H2,1-2H3. The van der Waals surface area contributed by atoms with Crippen LogP contribution in [0.15, 0.2) is 6.20 Å². The van der Waals surface area contributed by atoms with Gasteiger partial charge >= 0.3 is 0 Å². The van der Waals surface area contributed by atoms with Crippen LogP contribution in [0.1, 0.15) is 31.9 Å². The maximum absolute atomic E-state index is 3.98. The summed E-state index contributed by atoms with van der Waals surface area (Å²) < 4.78 is 1.89. The van der Waals surface area contributed by atoms with Crippen LogP contribution >= 0.6 is 15.9 Å². The molecule has 2 rings (SSSR count). The highest BCUT2D eigenvalue weighted by Crippen LogP contribution is 2.42. The molecule has 1 saturated carbocycles. The van der Waals surface area contributed by atoms with Gasteiger partial charge in [-0.1, -0.05) is 28.1 Å². The van der Waals surface area contributed by atoms with Gasteiger partial charge in [-0.25, -0.2) is 0 Å². The number of aryl methyl sites for hydroxylation is 1. The molecule has 2 unspecified atom stereocenters. The fraction of sp³-hybridized carbons (Fsp3) is 0.778. The minimum absolute atomic E-state index is 0.270. The Bertz CT molecular complexity index is 310. The number of hydrogen-bond donors (Lipinski definition) is 0. The molecule has 2 atom stereocenters. The lowest BCUT2D eigenvalue weighted by Crippen LogP contribution is -2.21. The third-order valence-corrected chi connectivity index (χ3v) is 3.80. The minimum atomic E-state index is 0.270. The van der Waals surface area contributed by atoms with Crippen molar-refractivity contribution in [3.63, 3.8) is 0 Å². The Kier molecular flexibility index (Phi) is 2.18. The number of alkyl halides is 1. The highest BCUT2D eigenvalue weighted by Gasteiger charge is 2.37. The van der Waals surface area contributed by atoms with E-state index < -0.39 is 0 Å². The fourth-order valence-electron chi connectivity index (χ4n) is 2.24. The Balaban J connectivity index is 2.30. The Morgan fingerprint density at radius 2 is 2.46 bits per heavy atom. The molecule has 1 aliphatic rings. The molecule has 1 fully saturated rings. The van der Waals surface area contributed by atoms with Gasteiger partial charge in [0.1, 0.15) is 0 Å². The first kappa shape index (κ1) is 9.19. The second-order valence-corrected chi connectivity index (χ2v) is 5.44. The Hall–Kier alpha value is -0.380. The van der Waals surface area contributed by atoms with E-state index in [2.05, 4.69) is 33.2 Å². The van der Waals surface area contributed by atoms with Crippen molar-refractivity contribution in [2.45, 2.75) is 36.4 Å². The second-order valence-electron chi connectivity index (χ2n) is 4.14. The largest absolute Gasteiger partial charge is 0.252 e. The van der Waals surface area contributed by atoms with Crippen molar-refractivity contribution in [1.82, 2.24) is 15.0 Å². The molecule has 0 N–H and O–H groups in total. The Morgan fingerprint density at radius 3 is 2.92 bits per heavy atom. The molecule has 0 bridgehead atoms. The van der Waals surface area contributed by atoms with Gasteiger partial charge in [-0.15, -0.1) is 5.10 Å². The van der Waals surface area contributed by atoms with Crippen molar-refractivity contribution < 1.29 is 0 Å². The minimum Gasteiger partial charge on any atom is -0.252 e. The van der Waals surface area contributed by atoms with Crippen LogP contribution in [-0.4, -0.2) is 19.8 Å². The van der Waals surface area contributed by atoms with Crippen LogP contribution in [0, 0.1) is 0 Å². The van der Waals surface area contributed by atoms with Crippen molar-refractivity contribution in [1.29, 1.82) is 0 Å². The van der Waals surface area contributed by atoms with Gasteiger partial charge in [-0.2, -0.15) is 0 Å². The molecule has 0 radical (unpaired) electrons. The summed E-state index contributed by atoms with van der Waals surface area (Å²) in [5.74, 6) is 0. The summed E-state index contributed by atoms with van der Waals surface area (Å²) in [5.41, 5.74) is 1.53. The zero-order chi connectivity index (χ0) is 9.47. The van der Waals surface area contributed by atoms with Crippen LogP contribution in [0.5, 0.6) is 0 Å². The van der Waals surface area contributed by atoms with Gasteiger partial charge in [-0.3, -0.25) is 4.68 Å². The molecule has 0 spiro atoms. The van der Waals surface area contributed by atoms with Gasteiger partial charge in [0.15, 0.2) is 0 Å². The van der Waals surface area contributed by atoms with Crippen molar-refractivity contribution in [3.8, 4) is 0 Å². The van der Waals surface area contributed by atoms with Crippen molar-refractivity contribution in [2.24, 2.45) is 7.05 Å². The lowest BCUT2D eigenvalue weighted by Gasteiger charge is -2.22. The predicted octanol–water partition coefficient (Wildman–Crippen LogP) is 2.02. The van der Waals surface area contributed by atoms with E-state index in [4.69, 9.17) is 0 Å². The molecule has 4 heteroatoms. The molecule has 0 amide bonds. The first-order valence-electron chi connectivity index (χ1n) is 4.61. The lowest BCUT2D eigenvalue weighted by molar-refractivity contribution is 0.449. The van der Waals surface area contributed by atoms with Crippen LogP contribution in [0.2, 0.25) is 0 Å². The highest BCUT2D eigenvalue weighted by atomic mass is 79.9. The monoisotopic (exact) mass is 243 g/mol. The number of halogens is 1. The quantitative estimate of drug-likeness (QED) is 0.707. The van der Waals surface area contributed by atoms with Crippen molar-refractivity contribution in [3.05, 3.63) is 11.9 Å². The molecule has 0 saturated heterocycles. The third-order valence-electron chi connectivity index (χ3n) is 3.01. The zero-order valence-corrected chi connectivity index (χ0v) is 9.58. The van der Waals surface area contributed by atoms with Gasteiger partial charge in [-0.05, 0) is 19.3 Å². The van der Waals surface area contributed by atoms with Gasteiger partial charge < -0.3 is 0 Å². The molecule has 0 aliphatic heterocycles. The smallest absolute Gasteiger partial charge is 0.0730 e. The SMILES string of the molecule is Cn1nncc1C1(C)CCC(Br)C1. The summed E-state index contributed by atoms with van der Waals surface area (Å²) >= 11 is 3.67. The molecule has 0 aromatic carbocycles. The van der Waals surface area contributed by atoms with Crippen LogP contribution < -0.4 is 0 Å².